The van der Waals surface area contributed by atoms with E-state index in [0.29, 0.717) is 10.7 Å². The van der Waals surface area contributed by atoms with Crippen molar-refractivity contribution in [2.45, 2.75) is 0 Å². The van der Waals surface area contributed by atoms with Crippen LogP contribution in [-0.4, -0.2) is 9.55 Å². The van der Waals surface area contributed by atoms with Crippen LogP contribution in [0.4, 0.5) is 5.69 Å². The van der Waals surface area contributed by atoms with Crippen molar-refractivity contribution in [2.24, 2.45) is 7.05 Å². The Hall–Kier alpha value is -1.48. The molecule has 14 heavy (non-hydrogen) atoms. The molecule has 0 spiro atoms. The van der Waals surface area contributed by atoms with E-state index < -0.39 is 0 Å². The summed E-state index contributed by atoms with van der Waals surface area (Å²) in [6.45, 7) is 0. The highest BCUT2D eigenvalue weighted by Gasteiger charge is 2.05. The van der Waals surface area contributed by atoms with Crippen LogP contribution < -0.4 is 5.73 Å². The lowest BCUT2D eigenvalue weighted by Gasteiger charge is -2.01. The Kier molecular flexibility index (Phi) is 2.17. The van der Waals surface area contributed by atoms with E-state index in [9.17, 15) is 0 Å². The zero-order valence-electron chi connectivity index (χ0n) is 7.74. The first kappa shape index (κ1) is 9.09. The van der Waals surface area contributed by atoms with Crippen molar-refractivity contribution < 1.29 is 0 Å². The average molecular weight is 208 g/mol. The van der Waals surface area contributed by atoms with Gasteiger partial charge in [0.2, 0.25) is 0 Å². The molecule has 0 saturated heterocycles. The number of nitrogens with zero attached hydrogens (tertiary/aromatic N) is 2. The Balaban J connectivity index is 2.52. The first-order valence-corrected chi connectivity index (χ1v) is 4.58. The van der Waals surface area contributed by atoms with Crippen molar-refractivity contribution in [1.82, 2.24) is 9.55 Å². The van der Waals surface area contributed by atoms with Gasteiger partial charge in [0.15, 0.2) is 0 Å². The molecule has 72 valence electrons. The van der Waals surface area contributed by atoms with Gasteiger partial charge in [-0.15, -0.1) is 0 Å². The standard InChI is InChI=1S/C10H10ClN3/c1-14-5-10(13-6-14)8-3-2-7(11)4-9(8)12/h2-6H,12H2,1H3. The molecule has 2 aromatic rings. The smallest absolute Gasteiger partial charge is 0.0951 e. The van der Waals surface area contributed by atoms with Gasteiger partial charge in [0.05, 0.1) is 12.0 Å². The fraction of sp³-hybridized carbons (Fsp3) is 0.100. The van der Waals surface area contributed by atoms with Crippen LogP contribution in [-0.2, 0) is 7.05 Å². The number of hydrogen-bond donors (Lipinski definition) is 1. The highest BCUT2D eigenvalue weighted by atomic mass is 35.5. The maximum absolute atomic E-state index is 5.83. The van der Waals surface area contributed by atoms with Gasteiger partial charge in [-0.3, -0.25) is 0 Å². The number of aryl methyl sites for hydroxylation is 1. The van der Waals surface area contributed by atoms with Crippen LogP contribution in [0.1, 0.15) is 0 Å². The van der Waals surface area contributed by atoms with Crippen molar-refractivity contribution in [3.8, 4) is 11.3 Å². The van der Waals surface area contributed by atoms with Crippen LogP contribution in [0.5, 0.6) is 0 Å². The Bertz CT molecular complexity index is 462. The molecule has 1 aromatic heterocycles. The fourth-order valence-corrected chi connectivity index (χ4v) is 1.50. The molecule has 0 radical (unpaired) electrons. The highest BCUT2D eigenvalue weighted by molar-refractivity contribution is 6.31. The van der Waals surface area contributed by atoms with Crippen LogP contribution in [0.15, 0.2) is 30.7 Å². The topological polar surface area (TPSA) is 43.8 Å². The summed E-state index contributed by atoms with van der Waals surface area (Å²) < 4.78 is 1.88. The number of halogens is 1. The monoisotopic (exact) mass is 207 g/mol. The minimum atomic E-state index is 0.641. The lowest BCUT2D eigenvalue weighted by Crippen LogP contribution is -1.89. The molecular formula is C10H10ClN3. The van der Waals surface area contributed by atoms with Crippen LogP contribution in [0.3, 0.4) is 0 Å². The maximum atomic E-state index is 5.83. The molecule has 1 heterocycles. The van der Waals surface area contributed by atoms with Crippen LogP contribution >= 0.6 is 11.6 Å². The van der Waals surface area contributed by atoms with Crippen LogP contribution in [0.2, 0.25) is 5.02 Å². The first-order valence-electron chi connectivity index (χ1n) is 4.20. The minimum absolute atomic E-state index is 0.641. The van der Waals surface area contributed by atoms with Crippen LogP contribution in [0, 0.1) is 0 Å². The molecule has 0 fully saturated rings. The van der Waals surface area contributed by atoms with E-state index in [1.807, 2.05) is 29.9 Å². The lowest BCUT2D eigenvalue weighted by molar-refractivity contribution is 0.913. The lowest BCUT2D eigenvalue weighted by atomic mass is 10.1. The minimum Gasteiger partial charge on any atom is -0.398 e. The van der Waals surface area contributed by atoms with Crippen molar-refractivity contribution in [3.05, 3.63) is 35.7 Å². The molecular weight excluding hydrogens is 198 g/mol. The SMILES string of the molecule is Cn1cnc(-c2ccc(Cl)cc2N)c1. The first-order chi connectivity index (χ1) is 6.66. The second kappa shape index (κ2) is 3.35. The van der Waals surface area contributed by atoms with E-state index in [-0.39, 0.29) is 0 Å². The largest absolute Gasteiger partial charge is 0.398 e. The van der Waals surface area contributed by atoms with Crippen molar-refractivity contribution in [3.63, 3.8) is 0 Å². The Morgan fingerprint density at radius 1 is 1.43 bits per heavy atom. The number of rotatable bonds is 1. The molecule has 2 N–H and O–H groups in total. The van der Waals surface area contributed by atoms with Gasteiger partial charge < -0.3 is 10.3 Å². The average Bonchev–Trinajstić information content (AvgIpc) is 2.51. The number of imidazole rings is 1. The zero-order chi connectivity index (χ0) is 10.1. The predicted molar refractivity (Wildman–Crippen MR) is 58.1 cm³/mol. The molecule has 0 unspecified atom stereocenters. The predicted octanol–water partition coefficient (Wildman–Crippen LogP) is 2.32. The molecule has 0 bridgehead atoms. The maximum Gasteiger partial charge on any atom is 0.0951 e. The van der Waals surface area contributed by atoms with E-state index in [4.69, 9.17) is 17.3 Å². The Morgan fingerprint density at radius 2 is 2.21 bits per heavy atom. The molecule has 1 aromatic carbocycles. The van der Waals surface area contributed by atoms with Gasteiger partial charge in [-0.25, -0.2) is 4.98 Å². The second-order valence-electron chi connectivity index (χ2n) is 3.16. The van der Waals surface area contributed by atoms with Gasteiger partial charge in [0.25, 0.3) is 0 Å². The summed E-state index contributed by atoms with van der Waals surface area (Å²) in [5, 5.41) is 0.641. The van der Waals surface area contributed by atoms with Crippen molar-refractivity contribution in [2.75, 3.05) is 5.73 Å². The van der Waals surface area contributed by atoms with E-state index in [0.717, 1.165) is 11.3 Å². The summed E-state index contributed by atoms with van der Waals surface area (Å²) in [6, 6.07) is 5.41. The van der Waals surface area contributed by atoms with Gasteiger partial charge in [-0.1, -0.05) is 11.6 Å². The number of aromatic nitrogens is 2. The second-order valence-corrected chi connectivity index (χ2v) is 3.59. The molecule has 3 nitrogen and oxygen atoms in total. The molecule has 2 rings (SSSR count). The van der Waals surface area contributed by atoms with Gasteiger partial charge in [0, 0.05) is 29.5 Å². The molecule has 0 amide bonds. The van der Waals surface area contributed by atoms with E-state index >= 15 is 0 Å². The van der Waals surface area contributed by atoms with Crippen molar-refractivity contribution in [1.29, 1.82) is 0 Å². The third-order valence-corrected chi connectivity index (χ3v) is 2.23. The number of anilines is 1. The highest BCUT2D eigenvalue weighted by Crippen LogP contribution is 2.26. The molecule has 4 heteroatoms. The van der Waals surface area contributed by atoms with E-state index in [2.05, 4.69) is 4.98 Å². The number of nitrogen functional groups attached to an aromatic ring is 1. The summed E-state index contributed by atoms with van der Waals surface area (Å²) >= 11 is 5.80. The summed E-state index contributed by atoms with van der Waals surface area (Å²) in [7, 11) is 1.92. The van der Waals surface area contributed by atoms with Gasteiger partial charge in [-0.05, 0) is 18.2 Å². The van der Waals surface area contributed by atoms with Gasteiger partial charge >= 0.3 is 0 Å². The molecule has 0 atom stereocenters. The Labute approximate surface area is 87.1 Å². The van der Waals surface area contributed by atoms with Crippen molar-refractivity contribution >= 4 is 17.3 Å². The summed E-state index contributed by atoms with van der Waals surface area (Å²) in [5.74, 6) is 0. The number of nitrogens with two attached hydrogens (primary N) is 1. The number of hydrogen-bond acceptors (Lipinski definition) is 2. The van der Waals surface area contributed by atoms with Crippen LogP contribution in [0.25, 0.3) is 11.3 Å². The number of benzene rings is 1. The zero-order valence-corrected chi connectivity index (χ0v) is 8.49. The third kappa shape index (κ3) is 1.59. The summed E-state index contributed by atoms with van der Waals surface area (Å²) in [4.78, 5) is 4.22. The molecule has 0 saturated carbocycles. The van der Waals surface area contributed by atoms with E-state index in [1.54, 1.807) is 12.4 Å². The quantitative estimate of drug-likeness (QED) is 0.730. The van der Waals surface area contributed by atoms with Gasteiger partial charge in [0.1, 0.15) is 0 Å². The fourth-order valence-electron chi connectivity index (χ4n) is 1.32. The molecule has 0 aliphatic carbocycles. The van der Waals surface area contributed by atoms with Gasteiger partial charge in [-0.2, -0.15) is 0 Å². The Morgan fingerprint density at radius 3 is 2.79 bits per heavy atom. The molecule has 0 aliphatic rings. The summed E-state index contributed by atoms with van der Waals surface area (Å²) in [6.07, 6.45) is 3.66. The molecule has 0 aliphatic heterocycles. The normalized spacial score (nSPS) is 10.4. The third-order valence-electron chi connectivity index (χ3n) is 1.99. The van der Waals surface area contributed by atoms with E-state index in [1.165, 1.54) is 0 Å². The summed E-state index contributed by atoms with van der Waals surface area (Å²) in [5.41, 5.74) is 8.25.